The number of anilines is 1. The molecule has 0 saturated carbocycles. The fourth-order valence-corrected chi connectivity index (χ4v) is 4.26. The molecule has 0 aliphatic carbocycles. The van der Waals surface area contributed by atoms with Gasteiger partial charge in [-0.05, 0) is 55.5 Å². The van der Waals surface area contributed by atoms with Crippen LogP contribution in [0.25, 0.3) is 10.9 Å². The Morgan fingerprint density at radius 3 is 2.43 bits per heavy atom. The molecule has 0 saturated heterocycles. The van der Waals surface area contributed by atoms with Crippen molar-refractivity contribution in [3.8, 4) is 11.6 Å². The molecule has 4 rings (SSSR count). The number of benzene rings is 3. The van der Waals surface area contributed by atoms with Crippen molar-refractivity contribution < 1.29 is 17.5 Å². The Hall–Kier alpha value is -3.52. The highest BCUT2D eigenvalue weighted by atomic mass is 32.2. The SMILES string of the molecule is Cc1ccc2ncnc(Oc3ccc(N(C)S(=O)(=O)c4ccccc4F)cc3)c2c1. The molecule has 1 heterocycles. The maximum atomic E-state index is 14.0. The van der Waals surface area contributed by atoms with Gasteiger partial charge in [0.1, 0.15) is 22.8 Å². The maximum absolute atomic E-state index is 14.0. The average Bonchev–Trinajstić information content (AvgIpc) is 2.74. The van der Waals surface area contributed by atoms with Gasteiger partial charge in [-0.2, -0.15) is 0 Å². The third-order valence-corrected chi connectivity index (χ3v) is 6.46. The summed E-state index contributed by atoms with van der Waals surface area (Å²) in [7, 11) is -2.66. The van der Waals surface area contributed by atoms with E-state index in [-0.39, 0.29) is 4.90 Å². The number of halogens is 1. The van der Waals surface area contributed by atoms with Crippen LogP contribution in [0.2, 0.25) is 0 Å². The Morgan fingerprint density at radius 1 is 0.967 bits per heavy atom. The van der Waals surface area contributed by atoms with Crippen LogP contribution in [0.15, 0.2) is 78.0 Å². The lowest BCUT2D eigenvalue weighted by atomic mass is 10.2. The van der Waals surface area contributed by atoms with Crippen molar-refractivity contribution in [2.24, 2.45) is 0 Å². The third-order valence-electron chi connectivity index (χ3n) is 4.64. The van der Waals surface area contributed by atoms with Crippen molar-refractivity contribution >= 4 is 26.6 Å². The van der Waals surface area contributed by atoms with Gasteiger partial charge in [-0.1, -0.05) is 23.8 Å². The molecule has 8 heteroatoms. The van der Waals surface area contributed by atoms with Gasteiger partial charge in [-0.15, -0.1) is 0 Å². The molecule has 0 radical (unpaired) electrons. The highest BCUT2D eigenvalue weighted by molar-refractivity contribution is 7.92. The minimum Gasteiger partial charge on any atom is -0.438 e. The van der Waals surface area contributed by atoms with Crippen LogP contribution in [-0.2, 0) is 10.0 Å². The number of fused-ring (bicyclic) bond motifs is 1. The lowest BCUT2D eigenvalue weighted by Gasteiger charge is -2.20. The molecular formula is C22H18FN3O3S. The van der Waals surface area contributed by atoms with Crippen LogP contribution >= 0.6 is 0 Å². The lowest BCUT2D eigenvalue weighted by Crippen LogP contribution is -2.27. The number of nitrogens with zero attached hydrogens (tertiary/aromatic N) is 3. The second-order valence-corrected chi connectivity index (χ2v) is 8.64. The van der Waals surface area contributed by atoms with Crippen LogP contribution in [0.5, 0.6) is 11.6 Å². The summed E-state index contributed by atoms with van der Waals surface area (Å²) in [5, 5.41) is 0.779. The molecule has 4 aromatic rings. The molecule has 0 bridgehead atoms. The summed E-state index contributed by atoms with van der Waals surface area (Å²) in [5.41, 5.74) is 2.18. The van der Waals surface area contributed by atoms with Gasteiger partial charge in [-0.25, -0.2) is 22.8 Å². The van der Waals surface area contributed by atoms with Crippen molar-refractivity contribution in [2.45, 2.75) is 11.8 Å². The molecule has 0 N–H and O–H groups in total. The van der Waals surface area contributed by atoms with Gasteiger partial charge in [-0.3, -0.25) is 4.31 Å². The average molecular weight is 423 g/mol. The molecule has 0 aliphatic rings. The molecule has 1 aromatic heterocycles. The Balaban J connectivity index is 1.61. The van der Waals surface area contributed by atoms with Crippen molar-refractivity contribution in [1.82, 2.24) is 9.97 Å². The molecule has 0 aliphatic heterocycles. The van der Waals surface area contributed by atoms with Gasteiger partial charge < -0.3 is 4.74 Å². The van der Waals surface area contributed by atoms with E-state index in [9.17, 15) is 12.8 Å². The number of ether oxygens (including phenoxy) is 1. The van der Waals surface area contributed by atoms with Gasteiger partial charge in [0.05, 0.1) is 16.6 Å². The Morgan fingerprint density at radius 2 is 1.70 bits per heavy atom. The highest BCUT2D eigenvalue weighted by Crippen LogP contribution is 2.30. The Kier molecular flexibility index (Phi) is 5.09. The summed E-state index contributed by atoms with van der Waals surface area (Å²) in [6.07, 6.45) is 1.43. The topological polar surface area (TPSA) is 72.4 Å². The zero-order chi connectivity index (χ0) is 21.3. The number of aryl methyl sites for hydroxylation is 1. The minimum atomic E-state index is -4.03. The van der Waals surface area contributed by atoms with Crippen molar-refractivity contribution in [3.05, 3.63) is 84.4 Å². The molecule has 30 heavy (non-hydrogen) atoms. The fourth-order valence-electron chi connectivity index (χ4n) is 3.00. The molecule has 0 amide bonds. The van der Waals surface area contributed by atoms with Gasteiger partial charge in [0.25, 0.3) is 10.0 Å². The molecule has 0 atom stereocenters. The maximum Gasteiger partial charge on any atom is 0.266 e. The molecule has 3 aromatic carbocycles. The normalized spacial score (nSPS) is 11.4. The van der Waals surface area contributed by atoms with Crippen molar-refractivity contribution in [2.75, 3.05) is 11.4 Å². The molecule has 0 fully saturated rings. The monoisotopic (exact) mass is 423 g/mol. The van der Waals surface area contributed by atoms with Gasteiger partial charge in [0.15, 0.2) is 0 Å². The zero-order valence-electron chi connectivity index (χ0n) is 16.3. The van der Waals surface area contributed by atoms with Gasteiger partial charge in [0.2, 0.25) is 5.88 Å². The largest absolute Gasteiger partial charge is 0.438 e. The first-order valence-corrected chi connectivity index (χ1v) is 10.5. The Bertz CT molecular complexity index is 1330. The van der Waals surface area contributed by atoms with E-state index >= 15 is 0 Å². The van der Waals surface area contributed by atoms with E-state index in [0.29, 0.717) is 17.3 Å². The number of sulfonamides is 1. The number of hydrogen-bond acceptors (Lipinski definition) is 5. The zero-order valence-corrected chi connectivity index (χ0v) is 17.1. The molecule has 152 valence electrons. The summed E-state index contributed by atoms with van der Waals surface area (Å²) in [5.74, 6) is 0.0935. The lowest BCUT2D eigenvalue weighted by molar-refractivity contribution is 0.468. The first kappa shape index (κ1) is 19.8. The van der Waals surface area contributed by atoms with E-state index in [1.807, 2.05) is 25.1 Å². The van der Waals surface area contributed by atoms with Gasteiger partial charge in [0, 0.05) is 7.05 Å². The second kappa shape index (κ2) is 7.72. The summed E-state index contributed by atoms with van der Waals surface area (Å²) >= 11 is 0. The first-order valence-electron chi connectivity index (χ1n) is 9.09. The second-order valence-electron chi connectivity index (χ2n) is 6.70. The first-order chi connectivity index (χ1) is 14.4. The predicted molar refractivity (Wildman–Crippen MR) is 113 cm³/mol. The smallest absolute Gasteiger partial charge is 0.266 e. The van der Waals surface area contributed by atoms with Crippen molar-refractivity contribution in [3.63, 3.8) is 0 Å². The van der Waals surface area contributed by atoms with E-state index in [1.54, 1.807) is 24.3 Å². The van der Waals surface area contributed by atoms with Gasteiger partial charge >= 0.3 is 0 Å². The Labute approximate surface area is 173 Å². The van der Waals surface area contributed by atoms with Crippen LogP contribution < -0.4 is 9.04 Å². The summed E-state index contributed by atoms with van der Waals surface area (Å²) < 4.78 is 46.4. The minimum absolute atomic E-state index is 0.369. The van der Waals surface area contributed by atoms with E-state index in [1.165, 1.54) is 31.6 Å². The van der Waals surface area contributed by atoms with Crippen molar-refractivity contribution in [1.29, 1.82) is 0 Å². The predicted octanol–water partition coefficient (Wildman–Crippen LogP) is 4.69. The number of hydrogen-bond donors (Lipinski definition) is 0. The van der Waals surface area contributed by atoms with E-state index in [0.717, 1.165) is 26.8 Å². The molecule has 0 unspecified atom stereocenters. The highest BCUT2D eigenvalue weighted by Gasteiger charge is 2.24. The van der Waals surface area contributed by atoms with Crippen LogP contribution in [0.3, 0.4) is 0 Å². The van der Waals surface area contributed by atoms with Crippen LogP contribution in [0, 0.1) is 12.7 Å². The molecule has 0 spiro atoms. The number of aromatic nitrogens is 2. The summed E-state index contributed by atoms with van der Waals surface area (Å²) in [6, 6.07) is 17.5. The summed E-state index contributed by atoms with van der Waals surface area (Å²) in [4.78, 5) is 8.06. The van der Waals surface area contributed by atoms with Crippen LogP contribution in [-0.4, -0.2) is 25.4 Å². The van der Waals surface area contributed by atoms with E-state index in [4.69, 9.17) is 4.74 Å². The van der Waals surface area contributed by atoms with Crippen LogP contribution in [0.1, 0.15) is 5.56 Å². The molecule has 6 nitrogen and oxygen atoms in total. The standard InChI is InChI=1S/C22H18FN3O3S/c1-15-7-12-20-18(13-15)22(25-14-24-20)29-17-10-8-16(9-11-17)26(2)30(27,28)21-6-4-3-5-19(21)23/h3-14H,1-2H3. The number of rotatable bonds is 5. The third kappa shape index (κ3) is 3.69. The fraction of sp³-hybridized carbons (Fsp3) is 0.0909. The van der Waals surface area contributed by atoms with E-state index in [2.05, 4.69) is 9.97 Å². The quantitative estimate of drug-likeness (QED) is 0.465. The molecular weight excluding hydrogens is 405 g/mol. The summed E-state index contributed by atoms with van der Waals surface area (Å²) in [6.45, 7) is 1.97. The van der Waals surface area contributed by atoms with Crippen LogP contribution in [0.4, 0.5) is 10.1 Å². The van der Waals surface area contributed by atoms with E-state index < -0.39 is 15.8 Å².